The Hall–Kier alpha value is -0.960. The van der Waals surface area contributed by atoms with E-state index in [9.17, 15) is 0 Å². The summed E-state index contributed by atoms with van der Waals surface area (Å²) in [6.45, 7) is 15.0. The van der Waals surface area contributed by atoms with Gasteiger partial charge in [-0.25, -0.2) is 0 Å². The van der Waals surface area contributed by atoms with Crippen molar-refractivity contribution < 1.29 is 4.74 Å². The van der Waals surface area contributed by atoms with Gasteiger partial charge in [0.05, 0.1) is 12.9 Å². The average Bonchev–Trinajstić information content (AvgIpc) is 2.59. The molecule has 0 aromatic rings. The Morgan fingerprint density at radius 3 is 2.13 bits per heavy atom. The van der Waals surface area contributed by atoms with E-state index in [1.165, 1.54) is 37.9 Å². The zero-order valence-corrected chi connectivity index (χ0v) is 17.3. The molecule has 0 aliphatic rings. The van der Waals surface area contributed by atoms with Crippen LogP contribution in [0.15, 0.2) is 23.6 Å². The van der Waals surface area contributed by atoms with Gasteiger partial charge in [0.2, 0.25) is 0 Å². The van der Waals surface area contributed by atoms with Crippen molar-refractivity contribution >= 4 is 0 Å². The van der Waals surface area contributed by atoms with Gasteiger partial charge in [-0.1, -0.05) is 34.1 Å². The third-order valence-corrected chi connectivity index (χ3v) is 4.24. The van der Waals surface area contributed by atoms with Gasteiger partial charge in [-0.2, -0.15) is 0 Å². The first-order valence-corrected chi connectivity index (χ1v) is 9.26. The Morgan fingerprint density at radius 1 is 1.04 bits per heavy atom. The molecule has 0 saturated heterocycles. The number of nitrogens with zero attached hydrogens (tertiary/aromatic N) is 2. The standard InChI is InChI=1S/C18H36N2O.C2H6/c1-8-10-14-20(6)18(9-2)13-15-19(5)16(3)11-12-17(4)21-7;1-2/h11-12,18H,8-10,13-15H2,1-7H3;1-2H3/b16-11+,17-12+;. The van der Waals surface area contributed by atoms with E-state index in [0.717, 1.165) is 12.3 Å². The van der Waals surface area contributed by atoms with Gasteiger partial charge in [-0.15, -0.1) is 0 Å². The van der Waals surface area contributed by atoms with E-state index in [1.807, 2.05) is 26.8 Å². The second-order valence-corrected chi connectivity index (χ2v) is 5.90. The van der Waals surface area contributed by atoms with E-state index in [0.29, 0.717) is 6.04 Å². The lowest BCUT2D eigenvalue weighted by atomic mass is 10.1. The van der Waals surface area contributed by atoms with Gasteiger partial charge in [-0.3, -0.25) is 0 Å². The minimum atomic E-state index is 0.683. The second-order valence-electron chi connectivity index (χ2n) is 5.90. The normalized spacial score (nSPS) is 13.5. The van der Waals surface area contributed by atoms with Crippen molar-refractivity contribution in [2.75, 3.05) is 34.3 Å². The molecule has 3 nitrogen and oxygen atoms in total. The van der Waals surface area contributed by atoms with Crippen molar-refractivity contribution in [3.8, 4) is 0 Å². The van der Waals surface area contributed by atoms with Crippen molar-refractivity contribution in [2.45, 2.75) is 73.3 Å². The van der Waals surface area contributed by atoms with Gasteiger partial charge < -0.3 is 14.5 Å². The van der Waals surface area contributed by atoms with Crippen molar-refractivity contribution in [1.29, 1.82) is 0 Å². The Balaban J connectivity index is 0. The monoisotopic (exact) mass is 326 g/mol. The zero-order valence-electron chi connectivity index (χ0n) is 17.3. The van der Waals surface area contributed by atoms with Gasteiger partial charge >= 0.3 is 0 Å². The van der Waals surface area contributed by atoms with E-state index in [2.05, 4.69) is 50.7 Å². The Labute approximate surface area is 146 Å². The van der Waals surface area contributed by atoms with E-state index in [4.69, 9.17) is 4.74 Å². The minimum absolute atomic E-state index is 0.683. The summed E-state index contributed by atoms with van der Waals surface area (Å²) in [5.41, 5.74) is 1.28. The maximum atomic E-state index is 5.16. The summed E-state index contributed by atoms with van der Waals surface area (Å²) >= 11 is 0. The highest BCUT2D eigenvalue weighted by atomic mass is 16.5. The zero-order chi connectivity index (χ0) is 18.3. The first kappa shape index (κ1) is 24.3. The van der Waals surface area contributed by atoms with Crippen LogP contribution in [0.1, 0.15) is 67.2 Å². The molecule has 0 N–H and O–H groups in total. The Kier molecular flexibility index (Phi) is 16.8. The number of rotatable bonds is 11. The van der Waals surface area contributed by atoms with E-state index >= 15 is 0 Å². The smallest absolute Gasteiger partial charge is 0.0925 e. The largest absolute Gasteiger partial charge is 0.501 e. The quantitative estimate of drug-likeness (QED) is 0.378. The van der Waals surface area contributed by atoms with Crippen molar-refractivity contribution in [2.24, 2.45) is 0 Å². The minimum Gasteiger partial charge on any atom is -0.501 e. The predicted octanol–water partition coefficient (Wildman–Crippen LogP) is 5.30. The van der Waals surface area contributed by atoms with Gasteiger partial charge in [0, 0.05) is 25.3 Å². The number of hydrogen-bond acceptors (Lipinski definition) is 3. The maximum Gasteiger partial charge on any atom is 0.0925 e. The van der Waals surface area contributed by atoms with E-state index < -0.39 is 0 Å². The van der Waals surface area contributed by atoms with Gasteiger partial charge in [-0.05, 0) is 58.9 Å². The van der Waals surface area contributed by atoms with Crippen molar-refractivity contribution in [3.05, 3.63) is 23.6 Å². The van der Waals surface area contributed by atoms with Crippen LogP contribution in [0.25, 0.3) is 0 Å². The lowest BCUT2D eigenvalue weighted by Gasteiger charge is -2.29. The topological polar surface area (TPSA) is 15.7 Å². The van der Waals surface area contributed by atoms with E-state index in [-0.39, 0.29) is 0 Å². The van der Waals surface area contributed by atoms with Crippen LogP contribution in [0.5, 0.6) is 0 Å². The van der Waals surface area contributed by atoms with Crippen LogP contribution < -0.4 is 0 Å². The molecule has 0 aliphatic carbocycles. The molecule has 0 bridgehead atoms. The number of ether oxygens (including phenoxy) is 1. The van der Waals surface area contributed by atoms with Gasteiger partial charge in [0.15, 0.2) is 0 Å². The van der Waals surface area contributed by atoms with E-state index in [1.54, 1.807) is 7.11 Å². The van der Waals surface area contributed by atoms with Gasteiger partial charge in [0.25, 0.3) is 0 Å². The van der Waals surface area contributed by atoms with Gasteiger partial charge in [0.1, 0.15) is 0 Å². The summed E-state index contributed by atoms with van der Waals surface area (Å²) in [4.78, 5) is 4.85. The lowest BCUT2D eigenvalue weighted by Crippen LogP contribution is -2.34. The first-order chi connectivity index (χ1) is 11.0. The van der Waals surface area contributed by atoms with Crippen LogP contribution in [-0.2, 0) is 4.74 Å². The molecule has 0 rings (SSSR count). The SMILES string of the molecule is CC.CCCCN(C)C(CC)CCN(C)/C(C)=C/C=C(\C)OC. The second kappa shape index (κ2) is 15.9. The maximum absolute atomic E-state index is 5.16. The number of allylic oxidation sites excluding steroid dienone is 4. The molecule has 0 radical (unpaired) electrons. The first-order valence-electron chi connectivity index (χ1n) is 9.26. The summed E-state index contributed by atoms with van der Waals surface area (Å²) in [5.74, 6) is 0.938. The average molecular weight is 327 g/mol. The summed E-state index contributed by atoms with van der Waals surface area (Å²) in [7, 11) is 6.13. The molecule has 0 aliphatic heterocycles. The molecule has 0 aromatic carbocycles. The molecule has 0 spiro atoms. The van der Waals surface area contributed by atoms with Crippen LogP contribution in [0.4, 0.5) is 0 Å². The van der Waals surface area contributed by atoms with Crippen molar-refractivity contribution in [3.63, 3.8) is 0 Å². The Bertz CT molecular complexity index is 324. The number of hydrogen-bond donors (Lipinski definition) is 0. The Morgan fingerprint density at radius 2 is 1.65 bits per heavy atom. The highest BCUT2D eigenvalue weighted by Gasteiger charge is 2.13. The summed E-state index contributed by atoms with van der Waals surface area (Å²) in [5, 5.41) is 0. The van der Waals surface area contributed by atoms with Crippen LogP contribution in [0, 0.1) is 0 Å². The van der Waals surface area contributed by atoms with Crippen LogP contribution in [0.3, 0.4) is 0 Å². The molecule has 23 heavy (non-hydrogen) atoms. The molecule has 0 fully saturated rings. The predicted molar refractivity (Wildman–Crippen MR) is 105 cm³/mol. The molecule has 138 valence electrons. The molecule has 0 saturated carbocycles. The molecule has 0 amide bonds. The fourth-order valence-corrected chi connectivity index (χ4v) is 2.28. The summed E-state index contributed by atoms with van der Waals surface area (Å²) < 4.78 is 5.16. The molecule has 1 atom stereocenters. The number of unbranched alkanes of at least 4 members (excludes halogenated alkanes) is 1. The molecule has 0 heterocycles. The van der Waals surface area contributed by atoms with Crippen LogP contribution >= 0.6 is 0 Å². The number of methoxy groups -OCH3 is 1. The third-order valence-electron chi connectivity index (χ3n) is 4.24. The molecule has 0 aromatic heterocycles. The molecule has 3 heteroatoms. The molecular formula is C20H42N2O. The third kappa shape index (κ3) is 12.2. The van der Waals surface area contributed by atoms with Crippen LogP contribution in [-0.4, -0.2) is 50.1 Å². The highest BCUT2D eigenvalue weighted by molar-refractivity contribution is 5.11. The highest BCUT2D eigenvalue weighted by Crippen LogP contribution is 2.11. The molecule has 1 unspecified atom stereocenters. The lowest BCUT2D eigenvalue weighted by molar-refractivity contribution is 0.206. The van der Waals surface area contributed by atoms with Crippen molar-refractivity contribution in [1.82, 2.24) is 9.80 Å². The molecular weight excluding hydrogens is 284 g/mol. The fraction of sp³-hybridized carbons (Fsp3) is 0.800. The van der Waals surface area contributed by atoms with Crippen LogP contribution in [0.2, 0.25) is 0 Å². The summed E-state index contributed by atoms with van der Waals surface area (Å²) in [6, 6.07) is 0.683. The summed E-state index contributed by atoms with van der Waals surface area (Å²) in [6.07, 6.45) is 9.15. The fourth-order valence-electron chi connectivity index (χ4n) is 2.28.